The van der Waals surface area contributed by atoms with Crippen LogP contribution in [0.4, 0.5) is 9.59 Å². The van der Waals surface area contributed by atoms with Crippen LogP contribution in [0.2, 0.25) is 0 Å². The number of hydrogen-bond donors (Lipinski definition) is 2. The molecule has 0 spiro atoms. The van der Waals surface area contributed by atoms with Crippen molar-refractivity contribution in [3.8, 4) is 0 Å². The Hall–Kier alpha value is -1.55. The molecule has 63 heavy (non-hydrogen) atoms. The summed E-state index contributed by atoms with van der Waals surface area (Å²) in [4.78, 5) is 39.6. The minimum Gasteiger partial charge on any atom is -0.444 e. The first-order valence-corrected chi connectivity index (χ1v) is 28.3. The van der Waals surface area contributed by atoms with Gasteiger partial charge >= 0.3 is 12.2 Å². The summed E-state index contributed by atoms with van der Waals surface area (Å²) in [6.07, 6.45) is 26.9. The number of nitrogens with zero attached hydrogens (tertiary/aromatic N) is 1. The molecular weight excluding hydrogens is 823 g/mol. The standard InChI is InChI=1S/C53H95N3O5S2/c1-39(2)22-20-23-40(3)44-27-28-45-43-26-25-41-38-42(29-31-52(41,10)46(43)30-32-53(44,45)11)63-62-37-19-16-24-47(57)56(36-21-34-55-49(59)61-51(7,8)9)35-18-15-13-12-14-17-33-54-48(58)60-50(4,5)6/h25,39-40,42-46H,12-24,26-38H2,1-11H3,(H,54,58)(H,55,59)/t40-,42+,43+,44-,45+,46?,52+,53-/m1/s1. The van der Waals surface area contributed by atoms with Crippen LogP contribution in [-0.2, 0) is 14.3 Å². The van der Waals surface area contributed by atoms with Gasteiger partial charge in [0.15, 0.2) is 0 Å². The number of unbranched alkanes of at least 4 members (excludes halogenated alkanes) is 6. The quantitative estimate of drug-likeness (QED) is 0.0535. The number of rotatable bonds is 25. The Bertz CT molecular complexity index is 1440. The number of carbonyl (C=O) groups excluding carboxylic acids is 3. The fourth-order valence-corrected chi connectivity index (χ4v) is 15.0. The topological polar surface area (TPSA) is 97.0 Å². The van der Waals surface area contributed by atoms with Gasteiger partial charge in [0.05, 0.1) is 0 Å². The number of fused-ring (bicyclic) bond motifs is 5. The van der Waals surface area contributed by atoms with Crippen LogP contribution in [0.15, 0.2) is 11.6 Å². The first kappa shape index (κ1) is 54.1. The molecule has 8 atom stereocenters. The molecule has 8 nitrogen and oxygen atoms in total. The van der Waals surface area contributed by atoms with Gasteiger partial charge in [-0.1, -0.05) is 113 Å². The Morgan fingerprint density at radius 1 is 0.746 bits per heavy atom. The number of nitrogens with one attached hydrogen (secondary N) is 2. The Morgan fingerprint density at radius 2 is 1.38 bits per heavy atom. The smallest absolute Gasteiger partial charge is 0.407 e. The Kier molecular flexibility index (Phi) is 21.9. The molecule has 0 heterocycles. The number of carbonyl (C=O) groups is 3. The number of allylic oxidation sites excluding steroid dienone is 2. The number of alkyl carbamates (subject to hydrolysis) is 2. The van der Waals surface area contributed by atoms with E-state index >= 15 is 0 Å². The SMILES string of the molecule is CC(C)CCC[C@@H](C)[C@H]1CC[C@H]2[C@@H]3CC=C4C[C@@H](SSCCCCC(=O)N(CCCCCCCCNC(=O)OC(C)(C)C)CCCNC(=O)OC(C)(C)C)CC[C@]4(C)C3CC[C@]12C. The highest BCUT2D eigenvalue weighted by atomic mass is 33.1. The van der Waals surface area contributed by atoms with E-state index in [0.29, 0.717) is 48.6 Å². The average Bonchev–Trinajstić information content (AvgIpc) is 3.55. The van der Waals surface area contributed by atoms with E-state index in [2.05, 4.69) is 62.1 Å². The number of amides is 3. The van der Waals surface area contributed by atoms with Gasteiger partial charge in [0.1, 0.15) is 11.2 Å². The lowest BCUT2D eigenvalue weighted by molar-refractivity contribution is -0.131. The molecule has 3 amide bonds. The summed E-state index contributed by atoms with van der Waals surface area (Å²) in [7, 11) is 4.17. The van der Waals surface area contributed by atoms with E-state index in [1.807, 2.05) is 57.2 Å². The van der Waals surface area contributed by atoms with E-state index in [9.17, 15) is 14.4 Å². The normalized spacial score (nSPS) is 27.4. The second-order valence-corrected chi connectivity index (χ2v) is 26.0. The third-order valence-corrected chi connectivity index (χ3v) is 18.5. The van der Waals surface area contributed by atoms with Gasteiger partial charge in [-0.15, -0.1) is 0 Å². The van der Waals surface area contributed by atoms with Crippen molar-refractivity contribution in [2.45, 2.75) is 227 Å². The van der Waals surface area contributed by atoms with Crippen LogP contribution < -0.4 is 10.6 Å². The van der Waals surface area contributed by atoms with Crippen molar-refractivity contribution in [3.63, 3.8) is 0 Å². The summed E-state index contributed by atoms with van der Waals surface area (Å²) >= 11 is 0. The Balaban J connectivity index is 1.15. The first-order valence-electron chi connectivity index (χ1n) is 25.9. The third-order valence-electron chi connectivity index (χ3n) is 15.5. The fraction of sp³-hybridized carbons (Fsp3) is 0.906. The van der Waals surface area contributed by atoms with Gasteiger partial charge in [-0.25, -0.2) is 9.59 Å². The Morgan fingerprint density at radius 3 is 2.05 bits per heavy atom. The average molecular weight is 918 g/mol. The molecule has 4 rings (SSSR count). The lowest BCUT2D eigenvalue weighted by Crippen LogP contribution is -2.50. The predicted octanol–water partition coefficient (Wildman–Crippen LogP) is 14.6. The van der Waals surface area contributed by atoms with Crippen molar-refractivity contribution in [3.05, 3.63) is 11.6 Å². The van der Waals surface area contributed by atoms with Crippen molar-refractivity contribution in [2.24, 2.45) is 46.3 Å². The highest BCUT2D eigenvalue weighted by molar-refractivity contribution is 8.76. The van der Waals surface area contributed by atoms with Crippen molar-refractivity contribution in [1.29, 1.82) is 0 Å². The molecule has 0 aromatic carbocycles. The third kappa shape index (κ3) is 17.6. The molecule has 10 heteroatoms. The van der Waals surface area contributed by atoms with Crippen molar-refractivity contribution >= 4 is 39.7 Å². The maximum Gasteiger partial charge on any atom is 0.407 e. The maximum absolute atomic E-state index is 13.5. The van der Waals surface area contributed by atoms with Crippen LogP contribution >= 0.6 is 21.6 Å². The van der Waals surface area contributed by atoms with Gasteiger partial charge in [0, 0.05) is 43.6 Å². The number of hydrogen-bond acceptors (Lipinski definition) is 7. The van der Waals surface area contributed by atoms with Crippen LogP contribution in [0.5, 0.6) is 0 Å². The minimum atomic E-state index is -0.532. The van der Waals surface area contributed by atoms with E-state index in [1.165, 1.54) is 70.6 Å². The molecule has 3 fully saturated rings. The summed E-state index contributed by atoms with van der Waals surface area (Å²) in [5, 5.41) is 6.41. The summed E-state index contributed by atoms with van der Waals surface area (Å²) in [5.74, 6) is 6.67. The van der Waals surface area contributed by atoms with E-state index < -0.39 is 17.3 Å². The van der Waals surface area contributed by atoms with E-state index in [-0.39, 0.29) is 12.0 Å². The number of ether oxygens (including phenoxy) is 2. The molecule has 0 radical (unpaired) electrons. The molecule has 1 unspecified atom stereocenters. The second kappa shape index (κ2) is 25.5. The van der Waals surface area contributed by atoms with Crippen LogP contribution in [-0.4, -0.2) is 71.4 Å². The van der Waals surface area contributed by atoms with Crippen LogP contribution in [0.3, 0.4) is 0 Å². The molecule has 3 saturated carbocycles. The first-order chi connectivity index (χ1) is 29.7. The lowest BCUT2D eigenvalue weighted by Gasteiger charge is -2.58. The van der Waals surface area contributed by atoms with E-state index in [4.69, 9.17) is 9.47 Å². The molecule has 4 aliphatic rings. The lowest BCUT2D eigenvalue weighted by atomic mass is 9.47. The van der Waals surface area contributed by atoms with Gasteiger partial charge in [-0.3, -0.25) is 4.79 Å². The summed E-state index contributed by atoms with van der Waals surface area (Å²) < 4.78 is 10.7. The van der Waals surface area contributed by atoms with Crippen molar-refractivity contribution in [2.75, 3.05) is 31.9 Å². The predicted molar refractivity (Wildman–Crippen MR) is 268 cm³/mol. The summed E-state index contributed by atoms with van der Waals surface area (Å²) in [6, 6.07) is 0. The van der Waals surface area contributed by atoms with Crippen LogP contribution in [0.25, 0.3) is 0 Å². The van der Waals surface area contributed by atoms with Gasteiger partial charge in [-0.2, -0.15) is 0 Å². The minimum absolute atomic E-state index is 0.236. The van der Waals surface area contributed by atoms with Crippen molar-refractivity contribution in [1.82, 2.24) is 15.5 Å². The second-order valence-electron chi connectivity index (χ2n) is 23.2. The molecule has 0 bridgehead atoms. The fourth-order valence-electron chi connectivity index (χ4n) is 12.2. The molecule has 0 aliphatic heterocycles. The zero-order chi connectivity index (χ0) is 46.3. The molecule has 0 saturated heterocycles. The molecular formula is C53H95N3O5S2. The van der Waals surface area contributed by atoms with Gasteiger partial charge in [-0.05, 0) is 171 Å². The van der Waals surface area contributed by atoms with E-state index in [1.54, 1.807) is 5.57 Å². The largest absolute Gasteiger partial charge is 0.444 e. The Labute approximate surface area is 394 Å². The zero-order valence-corrected chi connectivity index (χ0v) is 43.9. The molecule has 364 valence electrons. The van der Waals surface area contributed by atoms with Crippen LogP contribution in [0, 0.1) is 46.3 Å². The summed E-state index contributed by atoms with van der Waals surface area (Å²) in [6.45, 7) is 26.5. The maximum atomic E-state index is 13.5. The van der Waals surface area contributed by atoms with Gasteiger partial charge in [0.25, 0.3) is 0 Å². The molecule has 2 N–H and O–H groups in total. The zero-order valence-electron chi connectivity index (χ0n) is 42.3. The monoisotopic (exact) mass is 918 g/mol. The van der Waals surface area contributed by atoms with Gasteiger partial charge in [0.2, 0.25) is 5.91 Å². The molecule has 0 aromatic rings. The highest BCUT2D eigenvalue weighted by Crippen LogP contribution is 2.67. The van der Waals surface area contributed by atoms with Gasteiger partial charge < -0.3 is 25.0 Å². The molecule has 4 aliphatic carbocycles. The van der Waals surface area contributed by atoms with E-state index in [0.717, 1.165) is 99.2 Å². The summed E-state index contributed by atoms with van der Waals surface area (Å²) in [5.41, 5.74) is 1.75. The highest BCUT2D eigenvalue weighted by Gasteiger charge is 2.59. The van der Waals surface area contributed by atoms with Crippen molar-refractivity contribution < 1.29 is 23.9 Å². The van der Waals surface area contributed by atoms with Crippen LogP contribution in [0.1, 0.15) is 211 Å². The molecule has 0 aromatic heterocycles.